The van der Waals surface area contributed by atoms with Crippen molar-refractivity contribution in [3.8, 4) is 5.88 Å². The van der Waals surface area contributed by atoms with E-state index in [4.69, 9.17) is 4.74 Å². The topological polar surface area (TPSA) is 76.1 Å². The number of anilines is 2. The molecule has 1 heterocycles. The third-order valence-corrected chi connectivity index (χ3v) is 4.52. The van der Waals surface area contributed by atoms with Gasteiger partial charge in [0.15, 0.2) is 5.69 Å². The quantitative estimate of drug-likeness (QED) is 0.883. The first-order valence-electron chi connectivity index (χ1n) is 8.03. The van der Waals surface area contributed by atoms with Crippen molar-refractivity contribution in [3.05, 3.63) is 42.2 Å². The standard InChI is InChI=1S/C18H22N4O2/c1-18(2)10-9-13(18)21-16(23)15-17(24-3)19-11-14(22-15)20-12-7-5-4-6-8-12/h4-8,11,13H,9-10H2,1-3H3,(H,20,22)(H,21,23). The fourth-order valence-electron chi connectivity index (χ4n) is 2.77. The van der Waals surface area contributed by atoms with E-state index in [0.29, 0.717) is 5.82 Å². The van der Waals surface area contributed by atoms with Crippen molar-refractivity contribution >= 4 is 17.4 Å². The largest absolute Gasteiger partial charge is 0.479 e. The molecule has 24 heavy (non-hydrogen) atoms. The predicted molar refractivity (Wildman–Crippen MR) is 92.6 cm³/mol. The molecular formula is C18H22N4O2. The number of aromatic nitrogens is 2. The highest BCUT2D eigenvalue weighted by molar-refractivity contribution is 5.95. The van der Waals surface area contributed by atoms with E-state index in [-0.39, 0.29) is 28.9 Å². The number of amides is 1. The molecule has 2 N–H and O–H groups in total. The van der Waals surface area contributed by atoms with E-state index in [2.05, 4.69) is 34.4 Å². The number of para-hydroxylation sites is 1. The van der Waals surface area contributed by atoms with Gasteiger partial charge in [0, 0.05) is 11.7 Å². The molecule has 126 valence electrons. The van der Waals surface area contributed by atoms with Gasteiger partial charge in [-0.1, -0.05) is 32.0 Å². The Morgan fingerprint density at radius 1 is 1.29 bits per heavy atom. The zero-order valence-corrected chi connectivity index (χ0v) is 14.2. The molecule has 6 heteroatoms. The predicted octanol–water partition coefficient (Wildman–Crippen LogP) is 3.15. The third kappa shape index (κ3) is 3.32. The minimum Gasteiger partial charge on any atom is -0.479 e. The van der Waals surface area contributed by atoms with Gasteiger partial charge in [-0.2, -0.15) is 0 Å². The van der Waals surface area contributed by atoms with Crippen molar-refractivity contribution in [2.75, 3.05) is 12.4 Å². The molecule has 0 spiro atoms. The van der Waals surface area contributed by atoms with Crippen LogP contribution in [0.3, 0.4) is 0 Å². The number of benzene rings is 1. The Balaban J connectivity index is 1.80. The summed E-state index contributed by atoms with van der Waals surface area (Å²) in [7, 11) is 1.48. The molecule has 1 unspecified atom stereocenters. The molecule has 0 radical (unpaired) electrons. The van der Waals surface area contributed by atoms with Crippen molar-refractivity contribution in [1.29, 1.82) is 0 Å². The van der Waals surface area contributed by atoms with Gasteiger partial charge in [0.05, 0.1) is 13.3 Å². The van der Waals surface area contributed by atoms with Crippen LogP contribution in [0, 0.1) is 5.41 Å². The van der Waals surface area contributed by atoms with E-state index < -0.39 is 0 Å². The van der Waals surface area contributed by atoms with Crippen LogP contribution in [-0.2, 0) is 0 Å². The Hall–Kier alpha value is -2.63. The minimum absolute atomic E-state index is 0.121. The zero-order chi connectivity index (χ0) is 17.2. The number of nitrogens with one attached hydrogen (secondary N) is 2. The van der Waals surface area contributed by atoms with Crippen LogP contribution in [0.2, 0.25) is 0 Å². The van der Waals surface area contributed by atoms with Crippen molar-refractivity contribution < 1.29 is 9.53 Å². The molecular weight excluding hydrogens is 304 g/mol. The Bertz CT molecular complexity index is 731. The van der Waals surface area contributed by atoms with Crippen LogP contribution in [0.25, 0.3) is 0 Å². The summed E-state index contributed by atoms with van der Waals surface area (Å²) < 4.78 is 5.19. The second kappa shape index (κ2) is 6.47. The summed E-state index contributed by atoms with van der Waals surface area (Å²) in [5, 5.41) is 6.18. The van der Waals surface area contributed by atoms with E-state index in [9.17, 15) is 4.79 Å². The fourth-order valence-corrected chi connectivity index (χ4v) is 2.77. The molecule has 1 amide bonds. The van der Waals surface area contributed by atoms with E-state index in [1.165, 1.54) is 7.11 Å². The Labute approximate surface area is 141 Å². The molecule has 0 aliphatic heterocycles. The molecule has 1 aromatic carbocycles. The second-order valence-corrected chi connectivity index (χ2v) is 6.66. The number of carbonyl (C=O) groups excluding carboxylic acids is 1. The van der Waals surface area contributed by atoms with Crippen LogP contribution in [0.4, 0.5) is 11.5 Å². The molecule has 0 bridgehead atoms. The van der Waals surface area contributed by atoms with Gasteiger partial charge in [-0.3, -0.25) is 4.79 Å². The van der Waals surface area contributed by atoms with Crippen LogP contribution < -0.4 is 15.4 Å². The number of hydrogen-bond acceptors (Lipinski definition) is 5. The van der Waals surface area contributed by atoms with Crippen LogP contribution in [0.15, 0.2) is 36.5 Å². The lowest BCUT2D eigenvalue weighted by atomic mass is 9.67. The lowest BCUT2D eigenvalue weighted by Crippen LogP contribution is -2.52. The number of methoxy groups -OCH3 is 1. The lowest BCUT2D eigenvalue weighted by Gasteiger charge is -2.44. The molecule has 6 nitrogen and oxygen atoms in total. The molecule has 1 atom stereocenters. The summed E-state index contributed by atoms with van der Waals surface area (Å²) in [5.74, 6) is 0.470. The summed E-state index contributed by atoms with van der Waals surface area (Å²) >= 11 is 0. The number of hydrogen-bond donors (Lipinski definition) is 2. The zero-order valence-electron chi connectivity index (χ0n) is 14.2. The monoisotopic (exact) mass is 326 g/mol. The van der Waals surface area contributed by atoms with E-state index in [1.54, 1.807) is 6.20 Å². The molecule has 1 aliphatic carbocycles. The van der Waals surface area contributed by atoms with Crippen LogP contribution in [0.1, 0.15) is 37.2 Å². The van der Waals surface area contributed by atoms with Gasteiger partial charge in [0.1, 0.15) is 5.82 Å². The molecule has 2 aromatic rings. The normalized spacial score (nSPS) is 18.4. The van der Waals surface area contributed by atoms with E-state index >= 15 is 0 Å². The molecule has 3 rings (SSSR count). The molecule has 1 fully saturated rings. The summed E-state index contributed by atoms with van der Waals surface area (Å²) in [5.41, 5.74) is 1.19. The van der Waals surface area contributed by atoms with Crippen LogP contribution in [0.5, 0.6) is 5.88 Å². The van der Waals surface area contributed by atoms with E-state index in [1.807, 2.05) is 30.3 Å². The highest BCUT2D eigenvalue weighted by atomic mass is 16.5. The van der Waals surface area contributed by atoms with Gasteiger partial charge in [0.25, 0.3) is 5.91 Å². The third-order valence-electron chi connectivity index (χ3n) is 4.52. The van der Waals surface area contributed by atoms with Gasteiger partial charge >= 0.3 is 0 Å². The number of carbonyl (C=O) groups is 1. The van der Waals surface area contributed by atoms with Crippen molar-refractivity contribution in [1.82, 2.24) is 15.3 Å². The maximum atomic E-state index is 12.6. The van der Waals surface area contributed by atoms with Crippen LogP contribution in [-0.4, -0.2) is 29.0 Å². The smallest absolute Gasteiger partial charge is 0.275 e. The first kappa shape index (κ1) is 16.2. The summed E-state index contributed by atoms with van der Waals surface area (Å²) in [6, 6.07) is 9.77. The summed E-state index contributed by atoms with van der Waals surface area (Å²) in [4.78, 5) is 21.2. The lowest BCUT2D eigenvalue weighted by molar-refractivity contribution is 0.0724. The van der Waals surface area contributed by atoms with Gasteiger partial charge in [-0.15, -0.1) is 0 Å². The van der Waals surface area contributed by atoms with Gasteiger partial charge in [-0.05, 0) is 30.4 Å². The van der Waals surface area contributed by atoms with Crippen molar-refractivity contribution in [2.45, 2.75) is 32.7 Å². The highest BCUT2D eigenvalue weighted by Crippen LogP contribution is 2.40. The van der Waals surface area contributed by atoms with E-state index in [0.717, 1.165) is 18.5 Å². The first-order valence-corrected chi connectivity index (χ1v) is 8.03. The molecule has 1 saturated carbocycles. The van der Waals surface area contributed by atoms with Gasteiger partial charge < -0.3 is 15.4 Å². The Morgan fingerprint density at radius 3 is 2.62 bits per heavy atom. The second-order valence-electron chi connectivity index (χ2n) is 6.66. The van der Waals surface area contributed by atoms with Gasteiger partial charge in [0.2, 0.25) is 5.88 Å². The fraction of sp³-hybridized carbons (Fsp3) is 0.389. The summed E-state index contributed by atoms with van der Waals surface area (Å²) in [6.07, 6.45) is 3.64. The van der Waals surface area contributed by atoms with Crippen molar-refractivity contribution in [3.63, 3.8) is 0 Å². The first-order chi connectivity index (χ1) is 11.5. The minimum atomic E-state index is -0.256. The SMILES string of the molecule is COc1ncc(Nc2ccccc2)nc1C(=O)NC1CCC1(C)C. The molecule has 1 aliphatic rings. The Morgan fingerprint density at radius 2 is 2.04 bits per heavy atom. The number of ether oxygens (including phenoxy) is 1. The Kier molecular flexibility index (Phi) is 4.38. The summed E-state index contributed by atoms with van der Waals surface area (Å²) in [6.45, 7) is 4.30. The van der Waals surface area contributed by atoms with Crippen molar-refractivity contribution in [2.24, 2.45) is 5.41 Å². The molecule has 0 saturated heterocycles. The molecule has 1 aromatic heterocycles. The van der Waals surface area contributed by atoms with Crippen LogP contribution >= 0.6 is 0 Å². The highest BCUT2D eigenvalue weighted by Gasteiger charge is 2.39. The number of nitrogens with zero attached hydrogens (tertiary/aromatic N) is 2. The average molecular weight is 326 g/mol. The maximum absolute atomic E-state index is 12.6. The average Bonchev–Trinajstić information content (AvgIpc) is 2.59. The maximum Gasteiger partial charge on any atom is 0.275 e. The number of rotatable bonds is 5. The van der Waals surface area contributed by atoms with Gasteiger partial charge in [-0.25, -0.2) is 9.97 Å².